The van der Waals surface area contributed by atoms with Crippen molar-refractivity contribution in [1.29, 1.82) is 0 Å². The first-order valence-electron chi connectivity index (χ1n) is 15.7. The van der Waals surface area contributed by atoms with E-state index < -0.39 is 28.1 Å². The Morgan fingerprint density at radius 2 is 1.46 bits per heavy atom. The molecule has 5 aromatic rings. The lowest BCUT2D eigenvalue weighted by atomic mass is 10.1. The van der Waals surface area contributed by atoms with Crippen LogP contribution in [0.2, 0.25) is 0 Å². The van der Waals surface area contributed by atoms with Gasteiger partial charge in [0.25, 0.3) is 11.4 Å². The van der Waals surface area contributed by atoms with Crippen molar-refractivity contribution >= 4 is 28.5 Å². The normalized spacial score (nSPS) is 12.3. The number of ether oxygens (including phenoxy) is 4. The number of nitrogens with zero attached hydrogens (tertiary/aromatic N) is 6. The van der Waals surface area contributed by atoms with Crippen molar-refractivity contribution in [2.45, 2.75) is 38.5 Å². The van der Waals surface area contributed by atoms with Crippen molar-refractivity contribution in [1.82, 2.24) is 19.5 Å². The van der Waals surface area contributed by atoms with E-state index in [9.17, 15) is 30.1 Å². The molecule has 0 saturated carbocycles. The fourth-order valence-electron chi connectivity index (χ4n) is 4.82. The van der Waals surface area contributed by atoms with Gasteiger partial charge >= 0.3 is 12.0 Å². The van der Waals surface area contributed by atoms with Crippen molar-refractivity contribution < 1.29 is 38.7 Å². The molecule has 1 N–H and O–H groups in total. The smallest absolute Gasteiger partial charge is 0.338 e. The number of fused-ring (bicyclic) bond motifs is 1. The van der Waals surface area contributed by atoms with Crippen molar-refractivity contribution in [3.63, 3.8) is 0 Å². The predicted octanol–water partition coefficient (Wildman–Crippen LogP) is 5.03. The molecular weight excluding hydrogens is 652 g/mol. The monoisotopic (exact) mass is 686 g/mol. The van der Waals surface area contributed by atoms with Crippen molar-refractivity contribution in [3.05, 3.63) is 122 Å². The van der Waals surface area contributed by atoms with Crippen LogP contribution in [0.3, 0.4) is 0 Å². The van der Waals surface area contributed by atoms with E-state index in [-0.39, 0.29) is 60.9 Å². The molecule has 0 spiro atoms. The minimum absolute atomic E-state index is 0.0223. The van der Waals surface area contributed by atoms with Gasteiger partial charge in [-0.15, -0.1) is 0 Å². The summed E-state index contributed by atoms with van der Waals surface area (Å²) in [7, 11) is 0. The SMILES string of the molecule is CC[C@H](CO)O[C@H](COC(=O)c1ccccc1)n1cnc2c(OCCc3ccc([N+](=O)[O-])cc3)nc(OCCc3ccc([N+](=O)[O-])cc3)nc21. The summed E-state index contributed by atoms with van der Waals surface area (Å²) in [6, 6.07) is 20.6. The summed E-state index contributed by atoms with van der Waals surface area (Å²) in [4.78, 5) is 47.4. The number of aliphatic hydroxyl groups excluding tert-OH is 1. The third-order valence-electron chi connectivity index (χ3n) is 7.60. The first kappa shape index (κ1) is 35.3. The van der Waals surface area contributed by atoms with Gasteiger partial charge in [0.05, 0.1) is 47.7 Å². The van der Waals surface area contributed by atoms with Gasteiger partial charge in [0, 0.05) is 37.1 Å². The van der Waals surface area contributed by atoms with Crippen LogP contribution in [0.5, 0.6) is 11.9 Å². The van der Waals surface area contributed by atoms with Crippen LogP contribution >= 0.6 is 0 Å². The molecule has 2 heterocycles. The molecule has 0 amide bonds. The number of imidazole rings is 1. The van der Waals surface area contributed by atoms with Crippen LogP contribution < -0.4 is 9.47 Å². The molecule has 16 nitrogen and oxygen atoms in total. The molecule has 260 valence electrons. The van der Waals surface area contributed by atoms with Crippen LogP contribution in [-0.2, 0) is 22.3 Å². The van der Waals surface area contributed by atoms with Gasteiger partial charge in [-0.3, -0.25) is 24.8 Å². The maximum absolute atomic E-state index is 12.8. The number of esters is 1. The molecule has 0 fully saturated rings. The highest BCUT2D eigenvalue weighted by Gasteiger charge is 2.25. The average Bonchev–Trinajstić information content (AvgIpc) is 3.56. The summed E-state index contributed by atoms with van der Waals surface area (Å²) in [5.74, 6) is -0.476. The highest BCUT2D eigenvalue weighted by atomic mass is 16.6. The van der Waals surface area contributed by atoms with E-state index in [0.29, 0.717) is 24.8 Å². The summed E-state index contributed by atoms with van der Waals surface area (Å²) in [6.45, 7) is 1.57. The Hall–Kier alpha value is -6.00. The Morgan fingerprint density at radius 3 is 2.02 bits per heavy atom. The van der Waals surface area contributed by atoms with Gasteiger partial charge in [-0.1, -0.05) is 49.4 Å². The number of carbonyl (C=O) groups excluding carboxylic acids is 1. The van der Waals surface area contributed by atoms with E-state index in [1.165, 1.54) is 30.6 Å². The third kappa shape index (κ3) is 9.12. The number of carbonyl (C=O) groups is 1. The molecule has 0 unspecified atom stereocenters. The molecule has 0 aliphatic rings. The van der Waals surface area contributed by atoms with Gasteiger partial charge < -0.3 is 24.1 Å². The molecule has 0 bridgehead atoms. The first-order chi connectivity index (χ1) is 24.2. The zero-order valence-electron chi connectivity index (χ0n) is 27.0. The lowest BCUT2D eigenvalue weighted by Gasteiger charge is -2.24. The number of benzene rings is 3. The van der Waals surface area contributed by atoms with Gasteiger partial charge in [0.1, 0.15) is 6.61 Å². The number of hydrogen-bond acceptors (Lipinski definition) is 13. The lowest BCUT2D eigenvalue weighted by Crippen LogP contribution is -2.27. The number of rotatable bonds is 18. The van der Waals surface area contributed by atoms with Gasteiger partial charge in [0.2, 0.25) is 5.88 Å². The van der Waals surface area contributed by atoms with Gasteiger partial charge in [-0.25, -0.2) is 9.78 Å². The summed E-state index contributed by atoms with van der Waals surface area (Å²) >= 11 is 0. The number of hydrogen-bond donors (Lipinski definition) is 1. The Balaban J connectivity index is 1.41. The first-order valence-corrected chi connectivity index (χ1v) is 15.7. The van der Waals surface area contributed by atoms with Crippen LogP contribution in [0.1, 0.15) is 41.1 Å². The highest BCUT2D eigenvalue weighted by molar-refractivity contribution is 5.89. The van der Waals surface area contributed by atoms with Crippen LogP contribution in [0, 0.1) is 20.2 Å². The quantitative estimate of drug-likeness (QED) is 0.0731. The Labute approximate surface area is 285 Å². The molecule has 3 aromatic carbocycles. The topological polar surface area (TPSA) is 204 Å². The van der Waals surface area contributed by atoms with E-state index in [2.05, 4.69) is 15.0 Å². The molecule has 5 rings (SSSR count). The lowest BCUT2D eigenvalue weighted by molar-refractivity contribution is -0.385. The van der Waals surface area contributed by atoms with E-state index in [4.69, 9.17) is 18.9 Å². The molecule has 0 aliphatic carbocycles. The Morgan fingerprint density at radius 1 is 0.860 bits per heavy atom. The zero-order chi connectivity index (χ0) is 35.5. The maximum atomic E-state index is 12.8. The summed E-state index contributed by atoms with van der Waals surface area (Å²) in [6.07, 6.45) is 1.15. The fraction of sp³-hybridized carbons (Fsp3) is 0.294. The van der Waals surface area contributed by atoms with Crippen LogP contribution in [0.25, 0.3) is 11.2 Å². The van der Waals surface area contributed by atoms with Crippen molar-refractivity contribution in [2.75, 3.05) is 26.4 Å². The average molecular weight is 687 g/mol. The molecule has 2 atom stereocenters. The predicted molar refractivity (Wildman–Crippen MR) is 178 cm³/mol. The number of nitro benzene ring substituents is 2. The van der Waals surface area contributed by atoms with Gasteiger partial charge in [-0.05, 0) is 29.7 Å². The van der Waals surface area contributed by atoms with Crippen LogP contribution in [0.4, 0.5) is 11.4 Å². The Kier molecular flexibility index (Phi) is 11.9. The molecule has 0 saturated heterocycles. The van der Waals surface area contributed by atoms with Crippen LogP contribution in [-0.4, -0.2) is 73.0 Å². The van der Waals surface area contributed by atoms with Gasteiger partial charge in [0.15, 0.2) is 17.4 Å². The number of aliphatic hydroxyl groups is 1. The van der Waals surface area contributed by atoms with Crippen molar-refractivity contribution in [2.24, 2.45) is 0 Å². The Bertz CT molecular complexity index is 1900. The second kappa shape index (κ2) is 16.9. The molecule has 16 heteroatoms. The van der Waals surface area contributed by atoms with Crippen molar-refractivity contribution in [3.8, 4) is 11.9 Å². The maximum Gasteiger partial charge on any atom is 0.338 e. The van der Waals surface area contributed by atoms with E-state index in [1.807, 2.05) is 6.92 Å². The largest absolute Gasteiger partial charge is 0.476 e. The van der Waals surface area contributed by atoms with E-state index >= 15 is 0 Å². The third-order valence-corrected chi connectivity index (χ3v) is 7.60. The van der Waals surface area contributed by atoms with E-state index in [1.54, 1.807) is 59.2 Å². The standard InChI is InChI=1S/C34H34N6O10/c1-2-28(20-41)50-29(21-49-33(42)25-6-4-3-5-7-25)38-22-35-30-31(38)36-34(48-19-17-24-10-14-27(15-11-24)40(45)46)37-32(30)47-18-16-23-8-12-26(13-9-23)39(43)44/h3-15,22,28-29,41H,2,16-21H2,1H3/t28-,29-/m1/s1. The number of non-ortho nitro benzene ring substituents is 2. The summed E-state index contributed by atoms with van der Waals surface area (Å²) in [5.41, 5.74) is 2.40. The highest BCUT2D eigenvalue weighted by Crippen LogP contribution is 2.28. The molecule has 0 radical (unpaired) electrons. The number of aromatic nitrogens is 4. The zero-order valence-corrected chi connectivity index (χ0v) is 27.0. The summed E-state index contributed by atoms with van der Waals surface area (Å²) < 4.78 is 25.3. The minimum atomic E-state index is -0.958. The summed E-state index contributed by atoms with van der Waals surface area (Å²) in [5, 5.41) is 31.9. The second-order valence-corrected chi connectivity index (χ2v) is 10.9. The fourth-order valence-corrected chi connectivity index (χ4v) is 4.82. The minimum Gasteiger partial charge on any atom is -0.476 e. The molecule has 2 aromatic heterocycles. The molecular formula is C34H34N6O10. The number of nitro groups is 2. The van der Waals surface area contributed by atoms with E-state index in [0.717, 1.165) is 11.1 Å². The second-order valence-electron chi connectivity index (χ2n) is 10.9. The van der Waals surface area contributed by atoms with Gasteiger partial charge in [-0.2, -0.15) is 9.97 Å². The van der Waals surface area contributed by atoms with Crippen LogP contribution in [0.15, 0.2) is 85.2 Å². The molecule has 50 heavy (non-hydrogen) atoms. The molecule has 0 aliphatic heterocycles.